The summed E-state index contributed by atoms with van der Waals surface area (Å²) in [5.74, 6) is 5.41. The van der Waals surface area contributed by atoms with Gasteiger partial charge in [0.25, 0.3) is 5.91 Å². The zero-order valence-electron chi connectivity index (χ0n) is 11.6. The monoisotopic (exact) mass is 261 g/mol. The summed E-state index contributed by atoms with van der Waals surface area (Å²) in [6.45, 7) is 2.80. The summed E-state index contributed by atoms with van der Waals surface area (Å²) in [6, 6.07) is 5.36. The van der Waals surface area contributed by atoms with Crippen molar-refractivity contribution in [2.75, 3.05) is 33.9 Å². The Hall–Kier alpha value is -1.83. The van der Waals surface area contributed by atoms with Crippen LogP contribution >= 0.6 is 0 Å². The topological polar surface area (TPSA) is 49.8 Å². The fraction of sp³-hybridized carbons (Fsp3) is 0.400. The summed E-state index contributed by atoms with van der Waals surface area (Å²) >= 11 is 0. The summed E-state index contributed by atoms with van der Waals surface area (Å²) < 4.78 is 4.95. The molecule has 19 heavy (non-hydrogen) atoms. The molecular formula is C15H19NO3. The van der Waals surface area contributed by atoms with Gasteiger partial charge in [-0.15, -0.1) is 0 Å². The van der Waals surface area contributed by atoms with E-state index in [1.165, 1.54) is 0 Å². The molecule has 0 fully saturated rings. The van der Waals surface area contributed by atoms with Crippen molar-refractivity contribution in [2.45, 2.75) is 6.92 Å². The van der Waals surface area contributed by atoms with Gasteiger partial charge in [-0.1, -0.05) is 11.8 Å². The fourth-order valence-corrected chi connectivity index (χ4v) is 1.62. The Labute approximate surface area is 114 Å². The third kappa shape index (κ3) is 4.40. The maximum Gasteiger partial charge on any atom is 0.253 e. The normalized spacial score (nSPS) is 9.68. The first-order valence-electron chi connectivity index (χ1n) is 6.05. The summed E-state index contributed by atoms with van der Waals surface area (Å²) in [5, 5.41) is 8.67. The van der Waals surface area contributed by atoms with Crippen molar-refractivity contribution < 1.29 is 14.6 Å². The summed E-state index contributed by atoms with van der Waals surface area (Å²) in [4.78, 5) is 13.7. The van der Waals surface area contributed by atoms with E-state index in [2.05, 4.69) is 11.8 Å². The molecule has 1 aromatic rings. The van der Waals surface area contributed by atoms with Crippen LogP contribution in [0.1, 0.15) is 21.5 Å². The van der Waals surface area contributed by atoms with Crippen molar-refractivity contribution in [3.63, 3.8) is 0 Å². The van der Waals surface area contributed by atoms with Crippen LogP contribution < -0.4 is 0 Å². The zero-order valence-corrected chi connectivity index (χ0v) is 11.6. The Morgan fingerprint density at radius 1 is 1.47 bits per heavy atom. The van der Waals surface area contributed by atoms with Crippen LogP contribution in [0, 0.1) is 18.8 Å². The lowest BCUT2D eigenvalue weighted by Crippen LogP contribution is -2.29. The number of aliphatic hydroxyl groups is 1. The molecule has 0 radical (unpaired) electrons. The highest BCUT2D eigenvalue weighted by Crippen LogP contribution is 2.11. The quantitative estimate of drug-likeness (QED) is 0.824. The van der Waals surface area contributed by atoms with Crippen LogP contribution in [0.3, 0.4) is 0 Å². The van der Waals surface area contributed by atoms with E-state index in [0.29, 0.717) is 18.7 Å². The smallest absolute Gasteiger partial charge is 0.253 e. The number of carbonyl (C=O) groups excluding carboxylic acids is 1. The average Bonchev–Trinajstić information content (AvgIpc) is 2.42. The molecule has 1 amide bonds. The van der Waals surface area contributed by atoms with Crippen molar-refractivity contribution in [2.24, 2.45) is 0 Å². The van der Waals surface area contributed by atoms with E-state index in [4.69, 9.17) is 9.84 Å². The van der Waals surface area contributed by atoms with Crippen LogP contribution in [0.25, 0.3) is 0 Å². The Morgan fingerprint density at radius 2 is 2.21 bits per heavy atom. The van der Waals surface area contributed by atoms with Crippen LogP contribution in [0.2, 0.25) is 0 Å². The molecule has 0 atom stereocenters. The van der Waals surface area contributed by atoms with E-state index in [9.17, 15) is 4.79 Å². The molecule has 0 saturated carbocycles. The molecule has 0 saturated heterocycles. The lowest BCUT2D eigenvalue weighted by Gasteiger charge is -2.17. The summed E-state index contributed by atoms with van der Waals surface area (Å²) in [6.07, 6.45) is 0. The van der Waals surface area contributed by atoms with Crippen molar-refractivity contribution >= 4 is 5.91 Å². The largest absolute Gasteiger partial charge is 0.384 e. The summed E-state index contributed by atoms with van der Waals surface area (Å²) in [5.41, 5.74) is 2.38. The number of methoxy groups -OCH3 is 1. The number of hydrogen-bond acceptors (Lipinski definition) is 3. The highest BCUT2D eigenvalue weighted by Gasteiger charge is 2.12. The fourth-order valence-electron chi connectivity index (χ4n) is 1.62. The lowest BCUT2D eigenvalue weighted by atomic mass is 10.0. The molecule has 0 unspecified atom stereocenters. The maximum absolute atomic E-state index is 12.1. The minimum absolute atomic E-state index is 0.0400. The van der Waals surface area contributed by atoms with Gasteiger partial charge in [0.15, 0.2) is 0 Å². The molecule has 1 rings (SSSR count). The minimum Gasteiger partial charge on any atom is -0.384 e. The zero-order chi connectivity index (χ0) is 14.3. The van der Waals surface area contributed by atoms with Gasteiger partial charge in [-0.05, 0) is 30.7 Å². The van der Waals surface area contributed by atoms with E-state index >= 15 is 0 Å². The second-order valence-electron chi connectivity index (χ2n) is 4.21. The number of likely N-dealkylation sites (N-methyl/N-ethyl adjacent to an activating group) is 1. The molecule has 0 aromatic heterocycles. The van der Waals surface area contributed by atoms with Gasteiger partial charge in [0.05, 0.1) is 6.61 Å². The molecule has 102 valence electrons. The molecule has 1 N–H and O–H groups in total. The maximum atomic E-state index is 12.1. The van der Waals surface area contributed by atoms with Crippen LogP contribution in [0.5, 0.6) is 0 Å². The number of benzene rings is 1. The van der Waals surface area contributed by atoms with Crippen LogP contribution in [0.4, 0.5) is 0 Å². The van der Waals surface area contributed by atoms with Crippen molar-refractivity contribution in [3.8, 4) is 11.8 Å². The minimum atomic E-state index is -0.167. The number of nitrogens with zero attached hydrogens (tertiary/aromatic N) is 1. The van der Waals surface area contributed by atoms with E-state index in [-0.39, 0.29) is 12.5 Å². The van der Waals surface area contributed by atoms with Gasteiger partial charge in [0, 0.05) is 31.8 Å². The average molecular weight is 261 g/mol. The van der Waals surface area contributed by atoms with Crippen molar-refractivity contribution in [3.05, 3.63) is 34.9 Å². The number of aliphatic hydroxyl groups excluding tert-OH is 1. The standard InChI is InChI=1S/C15H19NO3/c1-12-11-14(7-6-13(12)5-4-9-17)15(18)16(2)8-10-19-3/h6-7,11,17H,8-10H2,1-3H3. The highest BCUT2D eigenvalue weighted by atomic mass is 16.5. The molecule has 0 aliphatic carbocycles. The molecule has 0 aliphatic rings. The van der Waals surface area contributed by atoms with Gasteiger partial charge in [-0.3, -0.25) is 4.79 Å². The number of aryl methyl sites for hydroxylation is 1. The number of carbonyl (C=O) groups is 1. The number of hydrogen-bond donors (Lipinski definition) is 1. The predicted octanol–water partition coefficient (Wildman–Crippen LogP) is 1.06. The van der Waals surface area contributed by atoms with Gasteiger partial charge >= 0.3 is 0 Å². The first-order valence-corrected chi connectivity index (χ1v) is 6.05. The van der Waals surface area contributed by atoms with E-state index in [0.717, 1.165) is 11.1 Å². The molecule has 0 heterocycles. The second-order valence-corrected chi connectivity index (χ2v) is 4.21. The van der Waals surface area contributed by atoms with Crippen LogP contribution in [-0.2, 0) is 4.74 Å². The van der Waals surface area contributed by atoms with E-state index in [1.807, 2.05) is 13.0 Å². The van der Waals surface area contributed by atoms with Crippen molar-refractivity contribution in [1.82, 2.24) is 4.90 Å². The molecule has 0 aliphatic heterocycles. The van der Waals surface area contributed by atoms with Crippen LogP contribution in [0.15, 0.2) is 18.2 Å². The van der Waals surface area contributed by atoms with Crippen LogP contribution in [-0.4, -0.2) is 49.8 Å². The Balaban J connectivity index is 2.85. The Morgan fingerprint density at radius 3 is 2.79 bits per heavy atom. The molecular weight excluding hydrogens is 242 g/mol. The van der Waals surface area contributed by atoms with Gasteiger partial charge in [0.2, 0.25) is 0 Å². The third-order valence-electron chi connectivity index (χ3n) is 2.75. The molecule has 0 bridgehead atoms. The molecule has 0 spiro atoms. The molecule has 4 heteroatoms. The highest BCUT2D eigenvalue weighted by molar-refractivity contribution is 5.94. The number of rotatable bonds is 4. The SMILES string of the molecule is COCCN(C)C(=O)c1ccc(C#CCO)c(C)c1. The predicted molar refractivity (Wildman–Crippen MR) is 74.0 cm³/mol. The number of ether oxygens (including phenoxy) is 1. The number of amides is 1. The Kier molecular flexibility index (Phi) is 6.07. The first kappa shape index (κ1) is 15.2. The van der Waals surface area contributed by atoms with Gasteiger partial charge in [-0.2, -0.15) is 0 Å². The third-order valence-corrected chi connectivity index (χ3v) is 2.75. The van der Waals surface area contributed by atoms with E-state index < -0.39 is 0 Å². The molecule has 4 nitrogen and oxygen atoms in total. The Bertz CT molecular complexity index is 500. The van der Waals surface area contributed by atoms with Gasteiger partial charge < -0.3 is 14.7 Å². The molecule has 1 aromatic carbocycles. The van der Waals surface area contributed by atoms with E-state index in [1.54, 1.807) is 31.2 Å². The van der Waals surface area contributed by atoms with Gasteiger partial charge in [0.1, 0.15) is 6.61 Å². The lowest BCUT2D eigenvalue weighted by molar-refractivity contribution is 0.0744. The second kappa shape index (κ2) is 7.57. The summed E-state index contributed by atoms with van der Waals surface area (Å²) in [7, 11) is 3.35. The van der Waals surface area contributed by atoms with Gasteiger partial charge in [-0.25, -0.2) is 0 Å². The van der Waals surface area contributed by atoms with Crippen molar-refractivity contribution in [1.29, 1.82) is 0 Å². The first-order chi connectivity index (χ1) is 9.10.